The van der Waals surface area contributed by atoms with Crippen molar-refractivity contribution in [1.82, 2.24) is 4.90 Å². The Morgan fingerprint density at radius 3 is 2.31 bits per heavy atom. The van der Waals surface area contributed by atoms with Crippen LogP contribution in [0.4, 0.5) is 15.8 Å². The third kappa shape index (κ3) is 3.58. The van der Waals surface area contributed by atoms with Crippen LogP contribution < -0.4 is 9.64 Å². The zero-order valence-electron chi connectivity index (χ0n) is 14.2. The predicted molar refractivity (Wildman–Crippen MR) is 94.2 cm³/mol. The molecule has 8 heteroatoms. The monoisotopic (exact) mass is 359 g/mol. The molecule has 2 aromatic rings. The molecule has 1 heterocycles. The summed E-state index contributed by atoms with van der Waals surface area (Å²) >= 11 is 0. The van der Waals surface area contributed by atoms with Gasteiger partial charge in [-0.1, -0.05) is 0 Å². The van der Waals surface area contributed by atoms with Crippen LogP contribution in [0.3, 0.4) is 0 Å². The number of anilines is 1. The third-order valence-corrected chi connectivity index (χ3v) is 4.39. The number of hydrogen-bond donors (Lipinski definition) is 0. The van der Waals surface area contributed by atoms with Gasteiger partial charge in [0.2, 0.25) is 0 Å². The highest BCUT2D eigenvalue weighted by molar-refractivity contribution is 5.94. The van der Waals surface area contributed by atoms with Crippen molar-refractivity contribution in [2.24, 2.45) is 0 Å². The van der Waals surface area contributed by atoms with Crippen LogP contribution in [0.2, 0.25) is 0 Å². The second kappa shape index (κ2) is 7.38. The Balaban J connectivity index is 1.63. The lowest BCUT2D eigenvalue weighted by Gasteiger charge is -2.36. The number of nitro benzene ring substituents is 1. The van der Waals surface area contributed by atoms with Crippen LogP contribution in [-0.4, -0.2) is 49.0 Å². The molecule has 0 aromatic heterocycles. The molecule has 0 spiro atoms. The van der Waals surface area contributed by atoms with Crippen LogP contribution in [0.1, 0.15) is 10.4 Å². The Morgan fingerprint density at radius 2 is 1.77 bits per heavy atom. The first-order valence-corrected chi connectivity index (χ1v) is 8.12. The molecule has 7 nitrogen and oxygen atoms in total. The lowest BCUT2D eigenvalue weighted by atomic mass is 10.1. The number of hydrogen-bond acceptors (Lipinski definition) is 5. The summed E-state index contributed by atoms with van der Waals surface area (Å²) in [7, 11) is 1.37. The van der Waals surface area contributed by atoms with Gasteiger partial charge in [-0.2, -0.15) is 0 Å². The van der Waals surface area contributed by atoms with Crippen molar-refractivity contribution in [3.8, 4) is 5.75 Å². The molecule has 26 heavy (non-hydrogen) atoms. The summed E-state index contributed by atoms with van der Waals surface area (Å²) in [6.07, 6.45) is 0. The highest BCUT2D eigenvalue weighted by atomic mass is 19.1. The first-order chi connectivity index (χ1) is 12.5. The summed E-state index contributed by atoms with van der Waals surface area (Å²) in [5.41, 5.74) is 1.20. The molecule has 1 aliphatic heterocycles. The summed E-state index contributed by atoms with van der Waals surface area (Å²) in [6.45, 7) is 2.18. The molecule has 0 N–H and O–H groups in total. The number of non-ortho nitro benzene ring substituents is 1. The van der Waals surface area contributed by atoms with Gasteiger partial charge >= 0.3 is 0 Å². The molecule has 0 bridgehead atoms. The van der Waals surface area contributed by atoms with E-state index in [1.54, 1.807) is 23.1 Å². The summed E-state index contributed by atoms with van der Waals surface area (Å²) < 4.78 is 18.7. The highest BCUT2D eigenvalue weighted by Crippen LogP contribution is 2.22. The number of methoxy groups -OCH3 is 1. The topological polar surface area (TPSA) is 75.9 Å². The molecule has 136 valence electrons. The maximum Gasteiger partial charge on any atom is 0.269 e. The first-order valence-electron chi connectivity index (χ1n) is 8.12. The Bertz CT molecular complexity index is 818. The average Bonchev–Trinajstić information content (AvgIpc) is 2.67. The van der Waals surface area contributed by atoms with E-state index >= 15 is 0 Å². The maximum absolute atomic E-state index is 13.8. The minimum Gasteiger partial charge on any atom is -0.494 e. The largest absolute Gasteiger partial charge is 0.494 e. The molecule has 0 aliphatic carbocycles. The van der Waals surface area contributed by atoms with Gasteiger partial charge < -0.3 is 14.5 Å². The van der Waals surface area contributed by atoms with E-state index in [0.29, 0.717) is 26.2 Å². The zero-order chi connectivity index (χ0) is 18.7. The molecule has 0 radical (unpaired) electrons. The Kier molecular flexibility index (Phi) is 5.01. The van der Waals surface area contributed by atoms with Gasteiger partial charge in [0, 0.05) is 49.6 Å². The van der Waals surface area contributed by atoms with Crippen molar-refractivity contribution in [1.29, 1.82) is 0 Å². The predicted octanol–water partition coefficient (Wildman–Crippen LogP) is 2.70. The number of nitrogens with zero attached hydrogens (tertiary/aromatic N) is 3. The average molecular weight is 359 g/mol. The summed E-state index contributed by atoms with van der Waals surface area (Å²) in [6, 6.07) is 10.5. The number of carbonyl (C=O) groups excluding carboxylic acids is 1. The molecule has 1 saturated heterocycles. The van der Waals surface area contributed by atoms with E-state index in [4.69, 9.17) is 4.74 Å². The lowest BCUT2D eigenvalue weighted by Crippen LogP contribution is -2.48. The number of benzene rings is 2. The molecule has 0 unspecified atom stereocenters. The lowest BCUT2D eigenvalue weighted by molar-refractivity contribution is -0.384. The minimum atomic E-state index is -0.567. The molecule has 0 saturated carbocycles. The molecule has 2 aromatic carbocycles. The Labute approximate surface area is 149 Å². The van der Waals surface area contributed by atoms with E-state index in [-0.39, 0.29) is 22.9 Å². The van der Waals surface area contributed by atoms with E-state index in [2.05, 4.69) is 4.90 Å². The number of halogens is 1. The van der Waals surface area contributed by atoms with Crippen LogP contribution in [0.5, 0.6) is 5.75 Å². The van der Waals surface area contributed by atoms with E-state index in [1.807, 2.05) is 0 Å². The fraction of sp³-hybridized carbons (Fsp3) is 0.278. The van der Waals surface area contributed by atoms with Gasteiger partial charge in [-0.25, -0.2) is 4.39 Å². The third-order valence-electron chi connectivity index (χ3n) is 4.39. The standard InChI is InChI=1S/C18H18FN3O4/c1-26-17-7-2-13(12-16(17)19)18(23)21-10-8-20(9-11-21)14-3-5-15(6-4-14)22(24)25/h2-7,12H,8-11H2,1H3. The fourth-order valence-corrected chi connectivity index (χ4v) is 2.93. The summed E-state index contributed by atoms with van der Waals surface area (Å²) in [5.74, 6) is -0.692. The molecular weight excluding hydrogens is 341 g/mol. The van der Waals surface area contributed by atoms with Crippen molar-refractivity contribution in [2.45, 2.75) is 0 Å². The van der Waals surface area contributed by atoms with Crippen molar-refractivity contribution in [2.75, 3.05) is 38.2 Å². The van der Waals surface area contributed by atoms with Gasteiger partial charge in [0.1, 0.15) is 0 Å². The van der Waals surface area contributed by atoms with Gasteiger partial charge in [-0.15, -0.1) is 0 Å². The van der Waals surface area contributed by atoms with E-state index in [1.165, 1.54) is 31.4 Å². The van der Waals surface area contributed by atoms with Crippen LogP contribution in [0.15, 0.2) is 42.5 Å². The second-order valence-corrected chi connectivity index (χ2v) is 5.90. The van der Waals surface area contributed by atoms with Crippen molar-refractivity contribution < 1.29 is 18.8 Å². The Hall–Kier alpha value is -3.16. The maximum atomic E-state index is 13.8. The number of nitro groups is 1. The smallest absolute Gasteiger partial charge is 0.269 e. The number of ether oxygens (including phenoxy) is 1. The van der Waals surface area contributed by atoms with Gasteiger partial charge in [-0.05, 0) is 30.3 Å². The van der Waals surface area contributed by atoms with E-state index in [0.717, 1.165) is 5.69 Å². The normalized spacial score (nSPS) is 14.2. The van der Waals surface area contributed by atoms with Gasteiger partial charge in [0.25, 0.3) is 11.6 Å². The minimum absolute atomic E-state index is 0.0455. The number of amides is 1. The van der Waals surface area contributed by atoms with Gasteiger partial charge in [0.05, 0.1) is 12.0 Å². The van der Waals surface area contributed by atoms with Crippen molar-refractivity contribution in [3.05, 3.63) is 64.0 Å². The molecule has 0 atom stereocenters. The molecular formula is C18H18FN3O4. The van der Waals surface area contributed by atoms with Crippen LogP contribution in [0, 0.1) is 15.9 Å². The van der Waals surface area contributed by atoms with E-state index in [9.17, 15) is 19.3 Å². The Morgan fingerprint density at radius 1 is 1.12 bits per heavy atom. The highest BCUT2D eigenvalue weighted by Gasteiger charge is 2.23. The molecule has 3 rings (SSSR count). The fourth-order valence-electron chi connectivity index (χ4n) is 2.93. The van der Waals surface area contributed by atoms with Crippen LogP contribution in [0.25, 0.3) is 0 Å². The van der Waals surface area contributed by atoms with Gasteiger partial charge in [0.15, 0.2) is 11.6 Å². The SMILES string of the molecule is COc1ccc(C(=O)N2CCN(c3ccc([N+](=O)[O-])cc3)CC2)cc1F. The quantitative estimate of drug-likeness (QED) is 0.620. The van der Waals surface area contributed by atoms with Crippen molar-refractivity contribution >= 4 is 17.3 Å². The van der Waals surface area contributed by atoms with Gasteiger partial charge in [-0.3, -0.25) is 14.9 Å². The van der Waals surface area contributed by atoms with E-state index < -0.39 is 10.7 Å². The number of carbonyl (C=O) groups is 1. The summed E-state index contributed by atoms with van der Waals surface area (Å²) in [5, 5.41) is 10.7. The second-order valence-electron chi connectivity index (χ2n) is 5.90. The number of piperazine rings is 1. The molecule has 1 aliphatic rings. The first kappa shape index (κ1) is 17.7. The number of rotatable bonds is 4. The van der Waals surface area contributed by atoms with Crippen LogP contribution >= 0.6 is 0 Å². The van der Waals surface area contributed by atoms with Crippen molar-refractivity contribution in [3.63, 3.8) is 0 Å². The van der Waals surface area contributed by atoms with Crippen LogP contribution in [-0.2, 0) is 0 Å². The summed E-state index contributed by atoms with van der Waals surface area (Å²) in [4.78, 5) is 26.5. The molecule has 1 amide bonds. The molecule has 1 fully saturated rings. The zero-order valence-corrected chi connectivity index (χ0v) is 14.2.